The maximum absolute atomic E-state index is 11.9. The Hall–Kier alpha value is -1.97. The van der Waals surface area contributed by atoms with Crippen molar-refractivity contribution in [2.45, 2.75) is 6.92 Å². The molecule has 0 aromatic heterocycles. The van der Waals surface area contributed by atoms with Crippen molar-refractivity contribution in [1.29, 1.82) is 0 Å². The Labute approximate surface area is 108 Å². The molecule has 0 unspecified atom stereocenters. The molecule has 98 valence electrons. The summed E-state index contributed by atoms with van der Waals surface area (Å²) in [6.07, 6.45) is 1.75. The quantitative estimate of drug-likeness (QED) is 0.592. The Bertz CT molecular complexity index is 421. The average Bonchev–Trinajstić information content (AvgIpc) is 2.36. The Balaban J connectivity index is 3.05. The second-order valence-electron chi connectivity index (χ2n) is 3.96. The molecule has 0 fully saturated rings. The van der Waals surface area contributed by atoms with Crippen molar-refractivity contribution in [1.82, 2.24) is 4.90 Å². The van der Waals surface area contributed by atoms with Crippen LogP contribution in [0, 0.1) is 0 Å². The Morgan fingerprint density at radius 3 is 2.33 bits per heavy atom. The second kappa shape index (κ2) is 6.69. The molecule has 0 bridgehead atoms. The zero-order valence-corrected chi connectivity index (χ0v) is 11.3. The van der Waals surface area contributed by atoms with Crippen LogP contribution in [0.25, 0.3) is 5.57 Å². The van der Waals surface area contributed by atoms with E-state index in [1.807, 2.05) is 43.3 Å². The number of rotatable bonds is 5. The fourth-order valence-electron chi connectivity index (χ4n) is 1.48. The third-order valence-corrected chi connectivity index (χ3v) is 2.28. The average molecular weight is 249 g/mol. The van der Waals surface area contributed by atoms with Gasteiger partial charge in [-0.2, -0.15) is 0 Å². The van der Waals surface area contributed by atoms with E-state index in [4.69, 9.17) is 9.47 Å². The minimum atomic E-state index is -0.323. The van der Waals surface area contributed by atoms with Crippen LogP contribution in [0.5, 0.6) is 5.75 Å². The van der Waals surface area contributed by atoms with Crippen LogP contribution in [-0.2, 0) is 9.53 Å². The van der Waals surface area contributed by atoms with Gasteiger partial charge in [0, 0.05) is 20.3 Å². The molecule has 0 atom stereocenters. The number of esters is 1. The van der Waals surface area contributed by atoms with Crippen LogP contribution in [0.1, 0.15) is 12.5 Å². The molecule has 1 aromatic carbocycles. The van der Waals surface area contributed by atoms with Crippen LogP contribution in [0.3, 0.4) is 0 Å². The van der Waals surface area contributed by atoms with Crippen molar-refractivity contribution >= 4 is 11.5 Å². The van der Waals surface area contributed by atoms with E-state index in [9.17, 15) is 4.79 Å². The van der Waals surface area contributed by atoms with E-state index in [-0.39, 0.29) is 5.97 Å². The van der Waals surface area contributed by atoms with E-state index in [1.54, 1.807) is 20.2 Å². The zero-order valence-electron chi connectivity index (χ0n) is 11.3. The first-order valence-electron chi connectivity index (χ1n) is 5.78. The largest absolute Gasteiger partial charge is 0.497 e. The fraction of sp³-hybridized carbons (Fsp3) is 0.357. The highest BCUT2D eigenvalue weighted by molar-refractivity contribution is 6.16. The Morgan fingerprint density at radius 2 is 1.89 bits per heavy atom. The summed E-state index contributed by atoms with van der Waals surface area (Å²) in [6, 6.07) is 7.31. The van der Waals surface area contributed by atoms with Gasteiger partial charge in [0.1, 0.15) is 5.75 Å². The van der Waals surface area contributed by atoms with Gasteiger partial charge >= 0.3 is 5.97 Å². The maximum Gasteiger partial charge on any atom is 0.340 e. The predicted molar refractivity (Wildman–Crippen MR) is 71.3 cm³/mol. The van der Waals surface area contributed by atoms with E-state index in [0.29, 0.717) is 12.2 Å². The van der Waals surface area contributed by atoms with Gasteiger partial charge in [-0.25, -0.2) is 4.79 Å². The Morgan fingerprint density at radius 1 is 1.28 bits per heavy atom. The van der Waals surface area contributed by atoms with Crippen LogP contribution >= 0.6 is 0 Å². The summed E-state index contributed by atoms with van der Waals surface area (Å²) < 4.78 is 10.1. The van der Waals surface area contributed by atoms with Crippen LogP contribution in [-0.4, -0.2) is 38.7 Å². The first kappa shape index (κ1) is 14.1. The first-order valence-corrected chi connectivity index (χ1v) is 5.78. The number of methoxy groups -OCH3 is 1. The summed E-state index contributed by atoms with van der Waals surface area (Å²) in [5, 5.41) is 0. The molecule has 0 N–H and O–H groups in total. The summed E-state index contributed by atoms with van der Waals surface area (Å²) >= 11 is 0. The van der Waals surface area contributed by atoms with E-state index >= 15 is 0 Å². The van der Waals surface area contributed by atoms with E-state index in [2.05, 4.69) is 0 Å². The summed E-state index contributed by atoms with van der Waals surface area (Å²) in [5.74, 6) is 0.433. The number of hydrogen-bond acceptors (Lipinski definition) is 4. The van der Waals surface area contributed by atoms with Crippen LogP contribution in [0.15, 0.2) is 30.5 Å². The van der Waals surface area contributed by atoms with E-state index in [0.717, 1.165) is 11.3 Å². The second-order valence-corrected chi connectivity index (χ2v) is 3.96. The number of hydrogen-bond donors (Lipinski definition) is 0. The summed E-state index contributed by atoms with van der Waals surface area (Å²) in [5.41, 5.74) is 1.34. The lowest BCUT2D eigenvalue weighted by Gasteiger charge is -2.12. The van der Waals surface area contributed by atoms with E-state index < -0.39 is 0 Å². The topological polar surface area (TPSA) is 38.8 Å². The van der Waals surface area contributed by atoms with Crippen molar-refractivity contribution < 1.29 is 14.3 Å². The molecule has 1 aromatic rings. The minimum Gasteiger partial charge on any atom is -0.497 e. The van der Waals surface area contributed by atoms with Gasteiger partial charge in [0.2, 0.25) is 0 Å². The van der Waals surface area contributed by atoms with Crippen molar-refractivity contribution in [3.05, 3.63) is 36.0 Å². The number of carbonyl (C=O) groups excluding carboxylic acids is 1. The minimum absolute atomic E-state index is 0.323. The standard InChI is InChI=1S/C14H19NO3/c1-5-18-14(16)13(10-15(2)3)11-6-8-12(17-4)9-7-11/h6-10H,5H2,1-4H3/b13-10-. The smallest absolute Gasteiger partial charge is 0.340 e. The fourth-order valence-corrected chi connectivity index (χ4v) is 1.48. The van der Waals surface area contributed by atoms with Gasteiger partial charge in [-0.05, 0) is 24.6 Å². The molecule has 0 heterocycles. The summed E-state index contributed by atoms with van der Waals surface area (Å²) in [4.78, 5) is 13.7. The zero-order chi connectivity index (χ0) is 13.5. The molecule has 0 radical (unpaired) electrons. The molecule has 0 aliphatic rings. The van der Waals surface area contributed by atoms with Gasteiger partial charge in [-0.1, -0.05) is 12.1 Å². The maximum atomic E-state index is 11.9. The molecule has 4 nitrogen and oxygen atoms in total. The third-order valence-electron chi connectivity index (χ3n) is 2.28. The molecular formula is C14H19NO3. The SMILES string of the molecule is CCOC(=O)/C(=C\N(C)C)c1ccc(OC)cc1. The molecule has 0 saturated carbocycles. The molecule has 0 saturated heterocycles. The van der Waals surface area contributed by atoms with Gasteiger partial charge in [0.15, 0.2) is 0 Å². The highest BCUT2D eigenvalue weighted by atomic mass is 16.5. The van der Waals surface area contributed by atoms with Crippen molar-refractivity contribution in [3.8, 4) is 5.75 Å². The molecular weight excluding hydrogens is 230 g/mol. The molecule has 0 aliphatic carbocycles. The van der Waals surface area contributed by atoms with Gasteiger partial charge in [-0.15, -0.1) is 0 Å². The van der Waals surface area contributed by atoms with Crippen LogP contribution < -0.4 is 4.74 Å². The van der Waals surface area contributed by atoms with Gasteiger partial charge in [0.05, 0.1) is 19.3 Å². The van der Waals surface area contributed by atoms with Crippen LogP contribution in [0.4, 0.5) is 0 Å². The number of nitrogens with zero attached hydrogens (tertiary/aromatic N) is 1. The number of carbonyl (C=O) groups is 1. The third kappa shape index (κ3) is 3.80. The lowest BCUT2D eigenvalue weighted by atomic mass is 10.1. The van der Waals surface area contributed by atoms with Crippen LogP contribution in [0.2, 0.25) is 0 Å². The summed E-state index contributed by atoms with van der Waals surface area (Å²) in [6.45, 7) is 2.15. The highest BCUT2D eigenvalue weighted by Crippen LogP contribution is 2.20. The first-order chi connectivity index (χ1) is 8.58. The normalized spacial score (nSPS) is 11.0. The number of benzene rings is 1. The van der Waals surface area contributed by atoms with E-state index in [1.165, 1.54) is 0 Å². The van der Waals surface area contributed by atoms with Gasteiger partial charge in [-0.3, -0.25) is 0 Å². The van der Waals surface area contributed by atoms with Gasteiger partial charge < -0.3 is 14.4 Å². The highest BCUT2D eigenvalue weighted by Gasteiger charge is 2.13. The monoisotopic (exact) mass is 249 g/mol. The summed E-state index contributed by atoms with van der Waals surface area (Å²) in [7, 11) is 5.34. The molecule has 0 aliphatic heterocycles. The molecule has 0 amide bonds. The molecule has 0 spiro atoms. The predicted octanol–water partition coefficient (Wildman–Crippen LogP) is 2.16. The lowest BCUT2D eigenvalue weighted by molar-refractivity contribution is -0.136. The van der Waals surface area contributed by atoms with Crippen molar-refractivity contribution in [2.24, 2.45) is 0 Å². The lowest BCUT2D eigenvalue weighted by Crippen LogP contribution is -2.11. The number of ether oxygens (including phenoxy) is 2. The molecule has 18 heavy (non-hydrogen) atoms. The van der Waals surface area contributed by atoms with Crippen molar-refractivity contribution in [3.63, 3.8) is 0 Å². The molecule has 4 heteroatoms. The molecule has 1 rings (SSSR count). The van der Waals surface area contributed by atoms with Crippen molar-refractivity contribution in [2.75, 3.05) is 27.8 Å². The van der Waals surface area contributed by atoms with Gasteiger partial charge in [0.25, 0.3) is 0 Å². The Kier molecular flexibility index (Phi) is 5.24.